The highest BCUT2D eigenvalue weighted by Crippen LogP contribution is 2.29. The van der Waals surface area contributed by atoms with E-state index in [1.54, 1.807) is 0 Å². The molecule has 0 aliphatic rings. The molecule has 0 saturated carbocycles. The number of hydrogen-bond donors (Lipinski definition) is 0. The molecule has 0 atom stereocenters. The van der Waals surface area contributed by atoms with E-state index in [0.29, 0.717) is 0 Å². The number of hydrogen-bond acceptors (Lipinski definition) is 4. The molecule has 0 fully saturated rings. The van der Waals surface area contributed by atoms with Crippen LogP contribution in [0.15, 0.2) is 24.5 Å². The molecule has 33 heavy (non-hydrogen) atoms. The van der Waals surface area contributed by atoms with Crippen molar-refractivity contribution in [2.45, 2.75) is 104 Å². The van der Waals surface area contributed by atoms with Gasteiger partial charge in [0.1, 0.15) is 5.75 Å². The summed E-state index contributed by atoms with van der Waals surface area (Å²) in [4.78, 5) is 9.33. The van der Waals surface area contributed by atoms with E-state index >= 15 is 0 Å². The Balaban J connectivity index is 2.15. The zero-order chi connectivity index (χ0) is 23.9. The average Bonchev–Trinajstić information content (AvgIpc) is 2.82. The van der Waals surface area contributed by atoms with Gasteiger partial charge in [-0.3, -0.25) is 0 Å². The molecule has 0 bridgehead atoms. The van der Waals surface area contributed by atoms with Gasteiger partial charge in [0, 0.05) is 0 Å². The zero-order valence-corrected chi connectivity index (χ0v) is 22.7. The number of aryl methyl sites for hydroxylation is 1. The minimum Gasteiger partial charge on any atom is -0.493 e. The van der Waals surface area contributed by atoms with Crippen molar-refractivity contribution in [1.82, 2.24) is 9.97 Å². The molecule has 0 N–H and O–H groups in total. The number of aromatic nitrogens is 2. The first-order valence-electron chi connectivity index (χ1n) is 13.2. The highest BCUT2D eigenvalue weighted by atomic mass is 28.3. The van der Waals surface area contributed by atoms with Crippen molar-refractivity contribution in [2.75, 3.05) is 13.2 Å². The van der Waals surface area contributed by atoms with Crippen LogP contribution in [0.5, 0.6) is 11.5 Å². The first kappa shape index (κ1) is 27.4. The van der Waals surface area contributed by atoms with Gasteiger partial charge in [0.05, 0.1) is 40.0 Å². The second-order valence-corrected chi connectivity index (χ2v) is 11.6. The predicted octanol–water partition coefficient (Wildman–Crippen LogP) is 7.37. The van der Waals surface area contributed by atoms with Crippen LogP contribution < -0.4 is 14.7 Å². The monoisotopic (exact) mass is 469 g/mol. The van der Waals surface area contributed by atoms with Gasteiger partial charge in [0.2, 0.25) is 0 Å². The summed E-state index contributed by atoms with van der Waals surface area (Å²) in [6.07, 6.45) is 16.9. The van der Waals surface area contributed by atoms with E-state index < -0.39 is 8.80 Å². The normalized spacial score (nSPS) is 11.2. The van der Waals surface area contributed by atoms with Crippen LogP contribution in [-0.4, -0.2) is 32.0 Å². The summed E-state index contributed by atoms with van der Waals surface area (Å²) in [6, 6.07) is 4.43. The summed E-state index contributed by atoms with van der Waals surface area (Å²) in [5, 5.41) is 1.41. The fourth-order valence-corrected chi connectivity index (χ4v) is 5.51. The van der Waals surface area contributed by atoms with E-state index in [0.717, 1.165) is 61.8 Å². The van der Waals surface area contributed by atoms with Gasteiger partial charge in [-0.05, 0) is 42.5 Å². The van der Waals surface area contributed by atoms with Gasteiger partial charge in [0.25, 0.3) is 0 Å². The molecule has 1 radical (unpaired) electrons. The van der Waals surface area contributed by atoms with Crippen molar-refractivity contribution in [1.29, 1.82) is 0 Å². The van der Waals surface area contributed by atoms with Crippen LogP contribution in [0.4, 0.5) is 0 Å². The minimum absolute atomic E-state index is 0.704. The molecule has 1 heterocycles. The van der Waals surface area contributed by atoms with Gasteiger partial charge in [0.15, 0.2) is 11.6 Å². The summed E-state index contributed by atoms with van der Waals surface area (Å²) in [6.45, 7) is 12.9. The van der Waals surface area contributed by atoms with Crippen LogP contribution in [-0.2, 0) is 6.42 Å². The van der Waals surface area contributed by atoms with Crippen molar-refractivity contribution in [3.05, 3.63) is 30.1 Å². The Morgan fingerprint density at radius 3 is 2.03 bits per heavy atom. The Morgan fingerprint density at radius 2 is 1.36 bits per heavy atom. The van der Waals surface area contributed by atoms with Crippen molar-refractivity contribution < 1.29 is 9.47 Å². The zero-order valence-electron chi connectivity index (χ0n) is 21.7. The second-order valence-electron chi connectivity index (χ2n) is 9.14. The van der Waals surface area contributed by atoms with Crippen molar-refractivity contribution in [3.8, 4) is 22.9 Å². The Hall–Kier alpha value is -1.88. The molecule has 5 heteroatoms. The van der Waals surface area contributed by atoms with Gasteiger partial charge in [-0.1, -0.05) is 84.9 Å². The molecule has 2 rings (SSSR count). The molecular formula is C28H45N2O2Si. The molecule has 0 saturated heterocycles. The van der Waals surface area contributed by atoms with Crippen molar-refractivity contribution in [3.63, 3.8) is 0 Å². The van der Waals surface area contributed by atoms with Gasteiger partial charge >= 0.3 is 0 Å². The van der Waals surface area contributed by atoms with Crippen LogP contribution in [0.3, 0.4) is 0 Å². The van der Waals surface area contributed by atoms with E-state index in [9.17, 15) is 0 Å². The Kier molecular flexibility index (Phi) is 13.2. The Labute approximate surface area is 204 Å². The lowest BCUT2D eigenvalue weighted by Crippen LogP contribution is -2.30. The lowest BCUT2D eigenvalue weighted by atomic mass is 10.0. The minimum atomic E-state index is -0.704. The first-order chi connectivity index (χ1) is 16.1. The third kappa shape index (κ3) is 9.11. The lowest BCUT2D eigenvalue weighted by molar-refractivity contribution is 0.302. The summed E-state index contributed by atoms with van der Waals surface area (Å²) < 4.78 is 12.3. The van der Waals surface area contributed by atoms with Crippen molar-refractivity contribution >= 4 is 14.0 Å². The standard InChI is InChI=1S/C28H45N2O2Si/c1-6-9-12-13-14-15-20-31-24-21-29-28(30-22-24)25-18-17-23(16-10-7-2)27(33(4)5)26(25)32-19-11-8-3/h17-18,21-22H,6-16,19-20H2,1-5H3. The summed E-state index contributed by atoms with van der Waals surface area (Å²) >= 11 is 0. The Bertz CT molecular complexity index is 793. The molecule has 4 nitrogen and oxygen atoms in total. The highest BCUT2D eigenvalue weighted by Gasteiger charge is 2.20. The first-order valence-corrected chi connectivity index (χ1v) is 15.7. The third-order valence-corrected chi connectivity index (χ3v) is 7.47. The van der Waals surface area contributed by atoms with E-state index in [2.05, 4.69) is 56.0 Å². The summed E-state index contributed by atoms with van der Waals surface area (Å²) in [7, 11) is -0.704. The quantitative estimate of drug-likeness (QED) is 0.179. The number of benzene rings is 1. The summed E-state index contributed by atoms with van der Waals surface area (Å²) in [5.41, 5.74) is 2.44. The molecule has 1 aromatic heterocycles. The van der Waals surface area contributed by atoms with Crippen molar-refractivity contribution in [2.24, 2.45) is 0 Å². The molecule has 0 aliphatic heterocycles. The SMILES string of the molecule is CCCCCCCCOc1cnc(-c2ccc(CCCC)c([Si](C)C)c2OCCCC)nc1. The van der Waals surface area contributed by atoms with Gasteiger partial charge in [-0.2, -0.15) is 0 Å². The molecular weight excluding hydrogens is 424 g/mol. The maximum Gasteiger partial charge on any atom is 0.163 e. The van der Waals surface area contributed by atoms with Crippen LogP contribution in [0.2, 0.25) is 13.1 Å². The Morgan fingerprint density at radius 1 is 0.727 bits per heavy atom. The molecule has 0 aliphatic carbocycles. The molecule has 2 aromatic rings. The van der Waals surface area contributed by atoms with Gasteiger partial charge < -0.3 is 9.47 Å². The van der Waals surface area contributed by atoms with Crippen LogP contribution in [0.1, 0.15) is 90.5 Å². The average molecular weight is 470 g/mol. The smallest absolute Gasteiger partial charge is 0.163 e. The summed E-state index contributed by atoms with van der Waals surface area (Å²) in [5.74, 6) is 2.48. The lowest BCUT2D eigenvalue weighted by Gasteiger charge is -2.21. The number of unbranched alkanes of at least 4 members (excludes halogenated alkanes) is 7. The van der Waals surface area contributed by atoms with E-state index in [-0.39, 0.29) is 0 Å². The molecule has 0 unspecified atom stereocenters. The number of ether oxygens (including phenoxy) is 2. The topological polar surface area (TPSA) is 44.2 Å². The number of rotatable bonds is 17. The molecule has 1 aromatic carbocycles. The third-order valence-electron chi connectivity index (χ3n) is 5.92. The molecule has 183 valence electrons. The van der Waals surface area contributed by atoms with E-state index in [1.165, 1.54) is 55.7 Å². The van der Waals surface area contributed by atoms with Gasteiger partial charge in [-0.15, -0.1) is 0 Å². The maximum absolute atomic E-state index is 6.41. The van der Waals surface area contributed by atoms with E-state index in [4.69, 9.17) is 9.47 Å². The van der Waals surface area contributed by atoms with Crippen LogP contribution in [0.25, 0.3) is 11.4 Å². The second kappa shape index (κ2) is 15.9. The predicted molar refractivity (Wildman–Crippen MR) is 142 cm³/mol. The fourth-order valence-electron chi connectivity index (χ4n) is 3.99. The highest BCUT2D eigenvalue weighted by molar-refractivity contribution is 6.72. The van der Waals surface area contributed by atoms with Crippen LogP contribution >= 0.6 is 0 Å². The maximum atomic E-state index is 6.41. The van der Waals surface area contributed by atoms with Gasteiger partial charge in [-0.25, -0.2) is 9.97 Å². The largest absolute Gasteiger partial charge is 0.493 e. The number of nitrogens with zero attached hydrogens (tertiary/aromatic N) is 2. The van der Waals surface area contributed by atoms with E-state index in [1.807, 2.05) is 12.4 Å². The van der Waals surface area contributed by atoms with Crippen LogP contribution in [0, 0.1) is 0 Å². The molecule has 0 spiro atoms. The molecule has 0 amide bonds. The fraction of sp³-hybridized carbons (Fsp3) is 0.643.